The number of para-hydroxylation sites is 1. The molecule has 0 bridgehead atoms. The molecule has 0 aliphatic carbocycles. The molecule has 0 spiro atoms. The fourth-order valence-corrected chi connectivity index (χ4v) is 2.52. The van der Waals surface area contributed by atoms with Crippen molar-refractivity contribution in [1.29, 1.82) is 0 Å². The summed E-state index contributed by atoms with van der Waals surface area (Å²) in [6.07, 6.45) is 0.330. The number of nitrogens with one attached hydrogen (secondary N) is 1. The molecule has 0 aliphatic heterocycles. The minimum atomic E-state index is -0.0609. The van der Waals surface area contributed by atoms with Crippen LogP contribution in [0.3, 0.4) is 0 Å². The maximum Gasteiger partial charge on any atom is 0.228 e. The number of anilines is 1. The van der Waals surface area contributed by atoms with E-state index in [2.05, 4.69) is 21.2 Å². The number of halogens is 1. The fraction of sp³-hybridized carbons (Fsp3) is 0.0500. The van der Waals surface area contributed by atoms with E-state index in [1.165, 1.54) is 0 Å². The molecular formula is C20H16BrNO2. The average molecular weight is 382 g/mol. The van der Waals surface area contributed by atoms with E-state index >= 15 is 0 Å². The molecule has 0 saturated heterocycles. The Morgan fingerprint density at radius 3 is 2.33 bits per heavy atom. The van der Waals surface area contributed by atoms with E-state index in [4.69, 9.17) is 4.74 Å². The van der Waals surface area contributed by atoms with E-state index in [-0.39, 0.29) is 5.91 Å². The molecule has 3 nitrogen and oxygen atoms in total. The Morgan fingerprint density at radius 1 is 0.875 bits per heavy atom. The maximum atomic E-state index is 12.2. The number of amides is 1. The fourth-order valence-electron chi connectivity index (χ4n) is 2.25. The highest BCUT2D eigenvalue weighted by molar-refractivity contribution is 9.10. The van der Waals surface area contributed by atoms with Gasteiger partial charge in [-0.2, -0.15) is 0 Å². The Kier molecular flexibility index (Phi) is 5.29. The Labute approximate surface area is 149 Å². The Morgan fingerprint density at radius 2 is 1.58 bits per heavy atom. The summed E-state index contributed by atoms with van der Waals surface area (Å²) in [7, 11) is 0. The van der Waals surface area contributed by atoms with Gasteiger partial charge in [0.25, 0.3) is 0 Å². The second-order valence-electron chi connectivity index (χ2n) is 5.29. The lowest BCUT2D eigenvalue weighted by Crippen LogP contribution is -2.14. The number of hydrogen-bond acceptors (Lipinski definition) is 2. The minimum Gasteiger partial charge on any atom is -0.457 e. The summed E-state index contributed by atoms with van der Waals surface area (Å²) in [5, 5.41) is 2.90. The van der Waals surface area contributed by atoms with Gasteiger partial charge in [-0.3, -0.25) is 4.79 Å². The van der Waals surface area contributed by atoms with Crippen LogP contribution < -0.4 is 10.1 Å². The van der Waals surface area contributed by atoms with Gasteiger partial charge in [0.1, 0.15) is 11.5 Å². The molecule has 24 heavy (non-hydrogen) atoms. The molecular weight excluding hydrogens is 366 g/mol. The van der Waals surface area contributed by atoms with Crippen LogP contribution in [0.1, 0.15) is 5.56 Å². The SMILES string of the molecule is O=C(Cc1ccc(Br)cc1)Nc1cccc(Oc2ccccc2)c1. The number of hydrogen-bond donors (Lipinski definition) is 1. The number of rotatable bonds is 5. The Balaban J connectivity index is 1.63. The van der Waals surface area contributed by atoms with E-state index in [0.717, 1.165) is 15.8 Å². The average Bonchev–Trinajstić information content (AvgIpc) is 2.58. The Hall–Kier alpha value is -2.59. The van der Waals surface area contributed by atoms with Crippen LogP contribution in [0.25, 0.3) is 0 Å². The van der Waals surface area contributed by atoms with Crippen molar-refractivity contribution in [2.45, 2.75) is 6.42 Å². The molecule has 3 rings (SSSR count). The standard InChI is InChI=1S/C20H16BrNO2/c21-16-11-9-15(10-12-16)13-20(23)22-17-5-4-8-19(14-17)24-18-6-2-1-3-7-18/h1-12,14H,13H2,(H,22,23). The van der Waals surface area contributed by atoms with Crippen molar-refractivity contribution < 1.29 is 9.53 Å². The van der Waals surface area contributed by atoms with E-state index in [1.807, 2.05) is 78.9 Å². The molecule has 0 fully saturated rings. The molecule has 0 unspecified atom stereocenters. The monoisotopic (exact) mass is 381 g/mol. The molecule has 120 valence electrons. The molecule has 0 heterocycles. The lowest BCUT2D eigenvalue weighted by Gasteiger charge is -2.09. The van der Waals surface area contributed by atoms with Crippen LogP contribution >= 0.6 is 15.9 Å². The van der Waals surface area contributed by atoms with Crippen molar-refractivity contribution in [3.8, 4) is 11.5 Å². The number of carbonyl (C=O) groups excluding carboxylic acids is 1. The van der Waals surface area contributed by atoms with Crippen LogP contribution in [0.5, 0.6) is 11.5 Å². The summed E-state index contributed by atoms with van der Waals surface area (Å²) in [4.78, 5) is 12.2. The second kappa shape index (κ2) is 7.79. The molecule has 1 N–H and O–H groups in total. The van der Waals surface area contributed by atoms with Gasteiger partial charge in [-0.05, 0) is 42.0 Å². The van der Waals surface area contributed by atoms with Crippen molar-refractivity contribution in [3.63, 3.8) is 0 Å². The quantitative estimate of drug-likeness (QED) is 0.640. The third-order valence-corrected chi connectivity index (χ3v) is 3.90. The van der Waals surface area contributed by atoms with Crippen molar-refractivity contribution in [2.75, 3.05) is 5.32 Å². The molecule has 0 aromatic heterocycles. The number of carbonyl (C=O) groups is 1. The first-order valence-electron chi connectivity index (χ1n) is 7.56. The lowest BCUT2D eigenvalue weighted by atomic mass is 10.1. The van der Waals surface area contributed by atoms with Crippen molar-refractivity contribution in [1.82, 2.24) is 0 Å². The van der Waals surface area contributed by atoms with Gasteiger partial charge in [0, 0.05) is 16.2 Å². The predicted octanol–water partition coefficient (Wildman–Crippen LogP) is 5.42. The van der Waals surface area contributed by atoms with Crippen LogP contribution in [0.4, 0.5) is 5.69 Å². The summed E-state index contributed by atoms with van der Waals surface area (Å²) in [6, 6.07) is 24.6. The molecule has 3 aromatic rings. The third kappa shape index (κ3) is 4.70. The summed E-state index contributed by atoms with van der Waals surface area (Å²) in [5.74, 6) is 1.38. The molecule has 0 aliphatic rings. The topological polar surface area (TPSA) is 38.3 Å². The van der Waals surface area contributed by atoms with Crippen LogP contribution in [0, 0.1) is 0 Å². The zero-order chi connectivity index (χ0) is 16.8. The maximum absolute atomic E-state index is 12.2. The van der Waals surface area contributed by atoms with Crippen molar-refractivity contribution in [2.24, 2.45) is 0 Å². The summed E-state index contributed by atoms with van der Waals surface area (Å²) < 4.78 is 6.77. The number of ether oxygens (including phenoxy) is 1. The van der Waals surface area contributed by atoms with Gasteiger partial charge in [0.05, 0.1) is 6.42 Å². The van der Waals surface area contributed by atoms with Gasteiger partial charge in [0.2, 0.25) is 5.91 Å². The first-order valence-corrected chi connectivity index (χ1v) is 8.35. The minimum absolute atomic E-state index is 0.0609. The van der Waals surface area contributed by atoms with Crippen LogP contribution in [-0.2, 0) is 11.2 Å². The Bertz CT molecular complexity index is 817. The summed E-state index contributed by atoms with van der Waals surface area (Å²) in [5.41, 5.74) is 1.68. The van der Waals surface area contributed by atoms with Gasteiger partial charge in [-0.1, -0.05) is 52.3 Å². The molecule has 3 aromatic carbocycles. The summed E-state index contributed by atoms with van der Waals surface area (Å²) >= 11 is 3.39. The lowest BCUT2D eigenvalue weighted by molar-refractivity contribution is -0.115. The van der Waals surface area contributed by atoms with Crippen LogP contribution in [0.15, 0.2) is 83.3 Å². The highest BCUT2D eigenvalue weighted by Crippen LogP contribution is 2.24. The molecule has 1 amide bonds. The van der Waals surface area contributed by atoms with Gasteiger partial charge in [-0.15, -0.1) is 0 Å². The largest absolute Gasteiger partial charge is 0.457 e. The highest BCUT2D eigenvalue weighted by Gasteiger charge is 2.05. The first-order chi connectivity index (χ1) is 11.7. The van der Waals surface area contributed by atoms with Crippen molar-refractivity contribution in [3.05, 3.63) is 88.9 Å². The molecule has 4 heteroatoms. The third-order valence-electron chi connectivity index (χ3n) is 3.37. The molecule has 0 saturated carbocycles. The van der Waals surface area contributed by atoms with Gasteiger partial charge < -0.3 is 10.1 Å². The second-order valence-corrected chi connectivity index (χ2v) is 6.21. The van der Waals surface area contributed by atoms with Gasteiger partial charge >= 0.3 is 0 Å². The molecule has 0 radical (unpaired) electrons. The van der Waals surface area contributed by atoms with E-state index in [0.29, 0.717) is 17.9 Å². The van der Waals surface area contributed by atoms with E-state index in [1.54, 1.807) is 0 Å². The highest BCUT2D eigenvalue weighted by atomic mass is 79.9. The summed E-state index contributed by atoms with van der Waals surface area (Å²) in [6.45, 7) is 0. The number of benzene rings is 3. The van der Waals surface area contributed by atoms with Gasteiger partial charge in [-0.25, -0.2) is 0 Å². The first kappa shape index (κ1) is 16.3. The normalized spacial score (nSPS) is 10.2. The van der Waals surface area contributed by atoms with Crippen LogP contribution in [0.2, 0.25) is 0 Å². The zero-order valence-electron chi connectivity index (χ0n) is 12.9. The van der Waals surface area contributed by atoms with Crippen molar-refractivity contribution >= 4 is 27.5 Å². The molecule has 0 atom stereocenters. The van der Waals surface area contributed by atoms with Gasteiger partial charge in [0.15, 0.2) is 0 Å². The zero-order valence-corrected chi connectivity index (χ0v) is 14.5. The van der Waals surface area contributed by atoms with E-state index in [9.17, 15) is 4.79 Å². The van der Waals surface area contributed by atoms with Crippen LogP contribution in [-0.4, -0.2) is 5.91 Å². The predicted molar refractivity (Wildman–Crippen MR) is 99.4 cm³/mol. The smallest absolute Gasteiger partial charge is 0.228 e. The van der Waals surface area contributed by atoms with E-state index < -0.39 is 0 Å².